The molecule has 0 spiro atoms. The van der Waals surface area contributed by atoms with Gasteiger partial charge >= 0.3 is 0 Å². The van der Waals surface area contributed by atoms with E-state index >= 15 is 0 Å². The van der Waals surface area contributed by atoms with Crippen LogP contribution >= 0.6 is 11.6 Å². The number of hydrogen-bond acceptors (Lipinski definition) is 4. The average Bonchev–Trinajstić information content (AvgIpc) is 2.71. The number of anilines is 2. The zero-order valence-electron chi connectivity index (χ0n) is 16.5. The van der Waals surface area contributed by atoms with E-state index in [-0.39, 0.29) is 17.2 Å². The summed E-state index contributed by atoms with van der Waals surface area (Å²) in [7, 11) is -2.21. The summed E-state index contributed by atoms with van der Waals surface area (Å²) in [4.78, 5) is 12.3. The van der Waals surface area contributed by atoms with Crippen LogP contribution in [0.3, 0.4) is 0 Å². The van der Waals surface area contributed by atoms with E-state index in [1.165, 1.54) is 12.1 Å². The van der Waals surface area contributed by atoms with Crippen LogP contribution in [-0.2, 0) is 21.2 Å². The molecule has 0 unspecified atom stereocenters. The Balaban J connectivity index is 1.66. The van der Waals surface area contributed by atoms with Crippen molar-refractivity contribution in [3.8, 4) is 5.75 Å². The van der Waals surface area contributed by atoms with Crippen molar-refractivity contribution < 1.29 is 17.9 Å². The van der Waals surface area contributed by atoms with Gasteiger partial charge in [0.15, 0.2) is 0 Å². The smallest absolute Gasteiger partial charge is 0.261 e. The highest BCUT2D eigenvalue weighted by molar-refractivity contribution is 7.92. The van der Waals surface area contributed by atoms with Crippen molar-refractivity contribution in [2.24, 2.45) is 0 Å². The molecule has 0 aliphatic heterocycles. The highest BCUT2D eigenvalue weighted by Crippen LogP contribution is 2.24. The maximum Gasteiger partial charge on any atom is 0.261 e. The minimum Gasteiger partial charge on any atom is -0.497 e. The Morgan fingerprint density at radius 2 is 1.67 bits per heavy atom. The third-order valence-corrected chi connectivity index (χ3v) is 6.03. The molecular formula is C22H21ClN2O4S. The molecule has 30 heavy (non-hydrogen) atoms. The fourth-order valence-corrected chi connectivity index (χ4v) is 4.05. The van der Waals surface area contributed by atoms with Gasteiger partial charge in [0.25, 0.3) is 10.0 Å². The first-order valence-corrected chi connectivity index (χ1v) is 10.9. The van der Waals surface area contributed by atoms with Gasteiger partial charge in [0.2, 0.25) is 5.91 Å². The lowest BCUT2D eigenvalue weighted by atomic mass is 10.1. The maximum atomic E-state index is 12.6. The minimum absolute atomic E-state index is 0.0787. The molecule has 0 aliphatic carbocycles. The Labute approximate surface area is 180 Å². The van der Waals surface area contributed by atoms with E-state index in [9.17, 15) is 13.2 Å². The molecule has 3 aromatic rings. The number of benzene rings is 3. The number of halogens is 1. The van der Waals surface area contributed by atoms with Crippen LogP contribution in [0.4, 0.5) is 11.4 Å². The van der Waals surface area contributed by atoms with Crippen LogP contribution in [0.25, 0.3) is 0 Å². The summed E-state index contributed by atoms with van der Waals surface area (Å²) in [5.41, 5.74) is 2.52. The van der Waals surface area contributed by atoms with Gasteiger partial charge in [-0.2, -0.15) is 0 Å². The molecule has 1 amide bonds. The number of methoxy groups -OCH3 is 1. The van der Waals surface area contributed by atoms with Crippen LogP contribution in [0.5, 0.6) is 5.75 Å². The normalized spacial score (nSPS) is 11.0. The number of nitrogens with one attached hydrogen (secondary N) is 2. The van der Waals surface area contributed by atoms with Crippen LogP contribution in [0.2, 0.25) is 5.02 Å². The molecule has 0 aromatic heterocycles. The first-order chi connectivity index (χ1) is 14.3. The van der Waals surface area contributed by atoms with E-state index in [0.29, 0.717) is 16.4 Å². The van der Waals surface area contributed by atoms with Crippen molar-refractivity contribution in [1.82, 2.24) is 0 Å². The summed E-state index contributed by atoms with van der Waals surface area (Å²) in [6.45, 7) is 1.79. The monoisotopic (exact) mass is 444 g/mol. The van der Waals surface area contributed by atoms with Gasteiger partial charge in [-0.25, -0.2) is 8.42 Å². The molecule has 156 valence electrons. The molecular weight excluding hydrogens is 424 g/mol. The van der Waals surface area contributed by atoms with E-state index in [2.05, 4.69) is 10.0 Å². The molecule has 0 saturated heterocycles. The lowest BCUT2D eigenvalue weighted by Gasteiger charge is -2.12. The average molecular weight is 445 g/mol. The maximum absolute atomic E-state index is 12.6. The molecule has 2 N–H and O–H groups in total. The molecule has 6 nitrogen and oxygen atoms in total. The minimum atomic E-state index is -3.79. The van der Waals surface area contributed by atoms with E-state index in [1.807, 2.05) is 12.1 Å². The van der Waals surface area contributed by atoms with E-state index in [0.717, 1.165) is 16.9 Å². The number of carbonyl (C=O) groups excluding carboxylic acids is 1. The predicted octanol–water partition coefficient (Wildman–Crippen LogP) is 4.64. The number of ether oxygens (including phenoxy) is 1. The van der Waals surface area contributed by atoms with Crippen molar-refractivity contribution in [2.45, 2.75) is 18.2 Å². The standard InChI is InChI=1S/C22H21ClN2O4S/c1-15-3-6-17(23)14-21(15)25-30(27,28)20-11-7-18(8-12-20)24-22(26)13-16-4-9-19(29-2)10-5-16/h3-12,14,25H,13H2,1-2H3,(H,24,26). The molecule has 0 bridgehead atoms. The topological polar surface area (TPSA) is 84.5 Å². The summed E-state index contributed by atoms with van der Waals surface area (Å²) in [6.07, 6.45) is 0.194. The zero-order chi connectivity index (χ0) is 21.7. The van der Waals surface area contributed by atoms with E-state index in [4.69, 9.17) is 16.3 Å². The van der Waals surface area contributed by atoms with Crippen LogP contribution < -0.4 is 14.8 Å². The molecule has 0 saturated carbocycles. The van der Waals surface area contributed by atoms with Gasteiger partial charge in [-0.3, -0.25) is 9.52 Å². The highest BCUT2D eigenvalue weighted by Gasteiger charge is 2.16. The Morgan fingerprint density at radius 3 is 2.30 bits per heavy atom. The summed E-state index contributed by atoms with van der Waals surface area (Å²) >= 11 is 5.95. The van der Waals surface area contributed by atoms with Crippen molar-refractivity contribution in [2.75, 3.05) is 17.1 Å². The second-order valence-corrected chi connectivity index (χ2v) is 8.78. The molecule has 0 fully saturated rings. The van der Waals surface area contributed by atoms with Crippen molar-refractivity contribution in [3.63, 3.8) is 0 Å². The Bertz CT molecular complexity index is 1140. The Hall–Kier alpha value is -3.03. The van der Waals surface area contributed by atoms with Gasteiger partial charge in [-0.1, -0.05) is 29.8 Å². The molecule has 0 atom stereocenters. The fourth-order valence-electron chi connectivity index (χ4n) is 2.76. The summed E-state index contributed by atoms with van der Waals surface area (Å²) < 4.78 is 32.9. The molecule has 8 heteroatoms. The first-order valence-electron chi connectivity index (χ1n) is 9.08. The van der Waals surface area contributed by atoms with Crippen LogP contribution in [0, 0.1) is 6.92 Å². The quantitative estimate of drug-likeness (QED) is 0.556. The molecule has 0 aliphatic rings. The highest BCUT2D eigenvalue weighted by atomic mass is 35.5. The summed E-state index contributed by atoms with van der Waals surface area (Å²) in [5, 5.41) is 3.20. The Kier molecular flexibility index (Phi) is 6.64. The Morgan fingerprint density at radius 1 is 1.00 bits per heavy atom. The third-order valence-electron chi connectivity index (χ3n) is 4.42. The second kappa shape index (κ2) is 9.19. The largest absolute Gasteiger partial charge is 0.497 e. The third kappa shape index (κ3) is 5.52. The van der Waals surface area contributed by atoms with Gasteiger partial charge in [0, 0.05) is 10.7 Å². The number of rotatable bonds is 7. The van der Waals surface area contributed by atoms with Gasteiger partial charge in [-0.05, 0) is 66.6 Å². The van der Waals surface area contributed by atoms with Gasteiger partial charge in [0.05, 0.1) is 24.1 Å². The fraction of sp³-hybridized carbons (Fsp3) is 0.136. The number of amides is 1. The summed E-state index contributed by atoms with van der Waals surface area (Å²) in [6, 6.07) is 18.2. The van der Waals surface area contributed by atoms with Gasteiger partial charge < -0.3 is 10.1 Å². The van der Waals surface area contributed by atoms with Crippen LogP contribution in [0.1, 0.15) is 11.1 Å². The van der Waals surface area contributed by atoms with E-state index in [1.54, 1.807) is 56.5 Å². The van der Waals surface area contributed by atoms with E-state index < -0.39 is 10.0 Å². The number of aryl methyl sites for hydroxylation is 1. The summed E-state index contributed by atoms with van der Waals surface area (Å²) in [5.74, 6) is 0.515. The number of hydrogen-bond donors (Lipinski definition) is 2. The van der Waals surface area contributed by atoms with Crippen molar-refractivity contribution in [1.29, 1.82) is 0 Å². The van der Waals surface area contributed by atoms with Crippen molar-refractivity contribution in [3.05, 3.63) is 82.9 Å². The molecule has 3 aromatic carbocycles. The van der Waals surface area contributed by atoms with Crippen LogP contribution in [0.15, 0.2) is 71.6 Å². The zero-order valence-corrected chi connectivity index (χ0v) is 18.0. The SMILES string of the molecule is COc1ccc(CC(=O)Nc2ccc(S(=O)(=O)Nc3cc(Cl)ccc3C)cc2)cc1. The predicted molar refractivity (Wildman–Crippen MR) is 119 cm³/mol. The number of sulfonamides is 1. The number of carbonyl (C=O) groups is 1. The van der Waals surface area contributed by atoms with Gasteiger partial charge in [0.1, 0.15) is 5.75 Å². The molecule has 3 rings (SSSR count). The van der Waals surface area contributed by atoms with Crippen molar-refractivity contribution >= 4 is 38.9 Å². The first kappa shape index (κ1) is 21.7. The lowest BCUT2D eigenvalue weighted by molar-refractivity contribution is -0.115. The second-order valence-electron chi connectivity index (χ2n) is 6.66. The van der Waals surface area contributed by atoms with Gasteiger partial charge in [-0.15, -0.1) is 0 Å². The van der Waals surface area contributed by atoms with Crippen LogP contribution in [-0.4, -0.2) is 21.4 Å². The molecule has 0 radical (unpaired) electrons. The molecule has 0 heterocycles. The lowest BCUT2D eigenvalue weighted by Crippen LogP contribution is -2.15.